The maximum Gasteiger partial charge on any atom is 0.340 e. The van der Waals surface area contributed by atoms with E-state index < -0.39 is 36.3 Å². The zero-order chi connectivity index (χ0) is 30.5. The number of esters is 2. The Bertz CT molecular complexity index is 1750. The van der Waals surface area contributed by atoms with E-state index in [1.165, 1.54) is 37.4 Å². The van der Waals surface area contributed by atoms with Crippen LogP contribution in [0.2, 0.25) is 0 Å². The lowest BCUT2D eigenvalue weighted by atomic mass is 9.55. The molecule has 44 heavy (non-hydrogen) atoms. The number of imide groups is 1. The molecule has 0 spiro atoms. The monoisotopic (exact) mass is 586 g/mol. The first-order valence-corrected chi connectivity index (χ1v) is 14.2. The van der Waals surface area contributed by atoms with Gasteiger partial charge in [0.15, 0.2) is 6.61 Å². The number of hydrogen-bond donors (Lipinski definition) is 1. The standard InChI is InChI=1S/C35H26N2O7/c1-43-34(41)19-14-16-20(17-15-19)36-27(38)18-44-35(42)25-12-6-7-13-26(25)37-32(39)30-28-21-8-2-3-9-22(21)29(31(30)33(37)40)24-11-5-4-10-23(24)28/h2-17,28-31H,18H2,1H3,(H,36,38)/t28?,29?,30-,31-/m1/s1. The number of carbonyl (C=O) groups excluding carboxylic acids is 5. The van der Waals surface area contributed by atoms with Gasteiger partial charge in [0.1, 0.15) is 0 Å². The highest BCUT2D eigenvalue weighted by Crippen LogP contribution is 2.61. The number of para-hydroxylation sites is 1. The molecule has 1 heterocycles. The highest BCUT2D eigenvalue weighted by Gasteiger charge is 2.62. The maximum absolute atomic E-state index is 14.1. The fourth-order valence-electron chi connectivity index (χ4n) is 6.97. The molecule has 4 aliphatic rings. The summed E-state index contributed by atoms with van der Waals surface area (Å²) in [5, 5.41) is 2.60. The minimum absolute atomic E-state index is 0.00505. The highest BCUT2D eigenvalue weighted by atomic mass is 16.5. The first-order chi connectivity index (χ1) is 21.4. The van der Waals surface area contributed by atoms with Gasteiger partial charge >= 0.3 is 11.9 Å². The zero-order valence-electron chi connectivity index (χ0n) is 23.6. The normalized spacial score (nSPS) is 20.8. The van der Waals surface area contributed by atoms with Crippen LogP contribution in [0, 0.1) is 11.8 Å². The van der Waals surface area contributed by atoms with Crippen molar-refractivity contribution in [1.82, 2.24) is 0 Å². The number of hydrogen-bond acceptors (Lipinski definition) is 7. The van der Waals surface area contributed by atoms with Gasteiger partial charge in [-0.15, -0.1) is 0 Å². The summed E-state index contributed by atoms with van der Waals surface area (Å²) >= 11 is 0. The van der Waals surface area contributed by atoms with Crippen LogP contribution in [0.5, 0.6) is 0 Å². The summed E-state index contributed by atoms with van der Waals surface area (Å²) in [5.74, 6) is -4.41. The van der Waals surface area contributed by atoms with Gasteiger partial charge in [0.2, 0.25) is 11.8 Å². The summed E-state index contributed by atoms with van der Waals surface area (Å²) < 4.78 is 9.98. The molecule has 2 bridgehead atoms. The second kappa shape index (κ2) is 10.6. The Kier molecular flexibility index (Phi) is 6.58. The van der Waals surface area contributed by atoms with Crippen molar-refractivity contribution in [3.63, 3.8) is 0 Å². The van der Waals surface area contributed by atoms with Gasteiger partial charge in [-0.1, -0.05) is 60.7 Å². The van der Waals surface area contributed by atoms with Crippen LogP contribution in [-0.4, -0.2) is 43.4 Å². The predicted molar refractivity (Wildman–Crippen MR) is 159 cm³/mol. The van der Waals surface area contributed by atoms with Crippen LogP contribution < -0.4 is 10.2 Å². The molecular weight excluding hydrogens is 560 g/mol. The van der Waals surface area contributed by atoms with E-state index in [1.807, 2.05) is 48.5 Å². The fourth-order valence-corrected chi connectivity index (χ4v) is 6.97. The van der Waals surface area contributed by atoms with Crippen molar-refractivity contribution in [3.05, 3.63) is 130 Å². The zero-order valence-corrected chi connectivity index (χ0v) is 23.6. The van der Waals surface area contributed by atoms with Gasteiger partial charge in [0, 0.05) is 17.5 Å². The molecule has 3 amide bonds. The summed E-state index contributed by atoms with van der Waals surface area (Å²) in [6.45, 7) is -0.603. The van der Waals surface area contributed by atoms with E-state index in [9.17, 15) is 24.0 Å². The average Bonchev–Trinajstić information content (AvgIpc) is 3.33. The molecule has 3 aliphatic carbocycles. The number of methoxy groups -OCH3 is 1. The van der Waals surface area contributed by atoms with Gasteiger partial charge in [-0.25, -0.2) is 14.5 Å². The number of anilines is 2. The smallest absolute Gasteiger partial charge is 0.340 e. The number of nitrogens with one attached hydrogen (secondary N) is 1. The summed E-state index contributed by atoms with van der Waals surface area (Å²) in [4.78, 5) is 66.8. The Balaban J connectivity index is 1.12. The lowest BCUT2D eigenvalue weighted by molar-refractivity contribution is -0.122. The molecule has 1 N–H and O–H groups in total. The van der Waals surface area contributed by atoms with E-state index in [0.717, 1.165) is 27.2 Å². The number of ether oxygens (including phenoxy) is 2. The molecule has 1 aliphatic heterocycles. The molecule has 4 aromatic rings. The van der Waals surface area contributed by atoms with Crippen LogP contribution in [0.25, 0.3) is 0 Å². The van der Waals surface area contributed by atoms with Gasteiger partial charge in [0.25, 0.3) is 5.91 Å². The third kappa shape index (κ3) is 4.19. The SMILES string of the molecule is COC(=O)c1ccc(NC(=O)COC(=O)c2ccccc2N2C(=O)[C@@H]3C4c5ccccc5C(c5ccccc54)[C@H]3C2=O)cc1. The van der Waals surface area contributed by atoms with Crippen molar-refractivity contribution in [1.29, 1.82) is 0 Å². The second-order valence-corrected chi connectivity index (χ2v) is 11.0. The quantitative estimate of drug-likeness (QED) is 0.258. The number of benzene rings is 4. The third-order valence-electron chi connectivity index (χ3n) is 8.74. The minimum Gasteiger partial charge on any atom is -0.465 e. The molecule has 0 saturated carbocycles. The molecule has 0 aromatic heterocycles. The Labute approximate surface area is 252 Å². The third-order valence-corrected chi connectivity index (χ3v) is 8.74. The molecule has 8 rings (SSSR count). The Morgan fingerprint density at radius 1 is 0.682 bits per heavy atom. The molecule has 2 atom stereocenters. The number of rotatable bonds is 6. The minimum atomic E-state index is -0.846. The van der Waals surface area contributed by atoms with Gasteiger partial charge in [0.05, 0.1) is 35.8 Å². The lowest BCUT2D eigenvalue weighted by Crippen LogP contribution is -2.41. The molecule has 9 heteroatoms. The number of nitrogens with zero attached hydrogens (tertiary/aromatic N) is 1. The molecule has 1 fully saturated rings. The van der Waals surface area contributed by atoms with Gasteiger partial charge in [-0.3, -0.25) is 14.4 Å². The molecule has 4 aromatic carbocycles. The van der Waals surface area contributed by atoms with Crippen LogP contribution in [0.1, 0.15) is 54.8 Å². The van der Waals surface area contributed by atoms with E-state index in [1.54, 1.807) is 18.2 Å². The van der Waals surface area contributed by atoms with Gasteiger partial charge in [-0.2, -0.15) is 0 Å². The number of amides is 3. The largest absolute Gasteiger partial charge is 0.465 e. The van der Waals surface area contributed by atoms with E-state index in [0.29, 0.717) is 11.3 Å². The first-order valence-electron chi connectivity index (χ1n) is 14.2. The van der Waals surface area contributed by atoms with Crippen molar-refractivity contribution >= 4 is 41.0 Å². The fraction of sp³-hybridized carbons (Fsp3) is 0.171. The van der Waals surface area contributed by atoms with Gasteiger partial charge in [-0.05, 0) is 58.7 Å². The molecule has 0 unspecified atom stereocenters. The van der Waals surface area contributed by atoms with E-state index in [-0.39, 0.29) is 34.9 Å². The van der Waals surface area contributed by atoms with Crippen LogP contribution in [0.3, 0.4) is 0 Å². The molecular formula is C35H26N2O7. The Morgan fingerprint density at radius 2 is 1.18 bits per heavy atom. The lowest BCUT2D eigenvalue weighted by Gasteiger charge is -2.45. The van der Waals surface area contributed by atoms with E-state index in [2.05, 4.69) is 10.1 Å². The average molecular weight is 587 g/mol. The summed E-state index contributed by atoms with van der Waals surface area (Å²) in [5.41, 5.74) is 5.07. The van der Waals surface area contributed by atoms with Crippen LogP contribution in [0.4, 0.5) is 11.4 Å². The molecule has 1 saturated heterocycles. The maximum atomic E-state index is 14.1. The molecule has 9 nitrogen and oxygen atoms in total. The van der Waals surface area contributed by atoms with Crippen LogP contribution >= 0.6 is 0 Å². The van der Waals surface area contributed by atoms with Crippen molar-refractivity contribution < 1.29 is 33.4 Å². The Morgan fingerprint density at radius 3 is 1.70 bits per heavy atom. The van der Waals surface area contributed by atoms with Crippen molar-refractivity contribution in [2.45, 2.75) is 11.8 Å². The van der Waals surface area contributed by atoms with E-state index >= 15 is 0 Å². The topological polar surface area (TPSA) is 119 Å². The molecule has 218 valence electrons. The van der Waals surface area contributed by atoms with Crippen LogP contribution in [-0.2, 0) is 23.9 Å². The number of carbonyl (C=O) groups is 5. The first kappa shape index (κ1) is 27.3. The molecule has 0 radical (unpaired) electrons. The summed E-state index contributed by atoms with van der Waals surface area (Å²) in [6, 6.07) is 28.3. The van der Waals surface area contributed by atoms with Gasteiger partial charge < -0.3 is 14.8 Å². The van der Waals surface area contributed by atoms with Crippen molar-refractivity contribution in [2.24, 2.45) is 11.8 Å². The Hall–Kier alpha value is -5.57. The summed E-state index contributed by atoms with van der Waals surface area (Å²) in [6.07, 6.45) is 0. The second-order valence-electron chi connectivity index (χ2n) is 11.0. The van der Waals surface area contributed by atoms with E-state index in [4.69, 9.17) is 4.74 Å². The van der Waals surface area contributed by atoms with Crippen molar-refractivity contribution in [2.75, 3.05) is 23.9 Å². The predicted octanol–water partition coefficient (Wildman–Crippen LogP) is 4.67. The van der Waals surface area contributed by atoms with Crippen molar-refractivity contribution in [3.8, 4) is 0 Å². The highest BCUT2D eigenvalue weighted by molar-refractivity contribution is 6.25. The van der Waals surface area contributed by atoms with Crippen LogP contribution in [0.15, 0.2) is 97.1 Å². The summed E-state index contributed by atoms with van der Waals surface area (Å²) in [7, 11) is 1.27.